The number of fused-ring (bicyclic) bond motifs is 1. The number of amides is 1. The molecule has 1 aliphatic heterocycles. The summed E-state index contributed by atoms with van der Waals surface area (Å²) in [4.78, 5) is 22.8. The minimum Gasteiger partial charge on any atom is -0.387 e. The second-order valence-electron chi connectivity index (χ2n) is 3.88. The molecule has 1 saturated heterocycles. The predicted molar refractivity (Wildman–Crippen MR) is 51.1 cm³/mol. The first-order chi connectivity index (χ1) is 6.70. The van der Waals surface area contributed by atoms with Gasteiger partial charge in [0.2, 0.25) is 5.91 Å². The smallest absolute Gasteiger partial charge is 0.229 e. The minimum absolute atomic E-state index is 0.00204. The minimum atomic E-state index is -0.629. The van der Waals surface area contributed by atoms with E-state index in [-0.39, 0.29) is 11.7 Å². The maximum atomic E-state index is 11.8. The fraction of sp³-hybridized carbons (Fsp3) is 0.600. The van der Waals surface area contributed by atoms with Crippen LogP contribution in [0.3, 0.4) is 0 Å². The molecule has 3 N–H and O–H groups in total. The standard InChI is InChI=1S/C10H14N2O2/c11-10(14)7-5-12-8-4-2-1-3-6(8)9(7)13/h4,6-7,12H,1-3,5H2,(H2,11,14). The monoisotopic (exact) mass is 194 g/mol. The molecule has 4 nitrogen and oxygen atoms in total. The van der Waals surface area contributed by atoms with Crippen molar-refractivity contribution < 1.29 is 9.59 Å². The van der Waals surface area contributed by atoms with Crippen molar-refractivity contribution in [2.45, 2.75) is 19.3 Å². The Balaban J connectivity index is 2.20. The van der Waals surface area contributed by atoms with Crippen molar-refractivity contribution in [3.05, 3.63) is 11.8 Å². The largest absolute Gasteiger partial charge is 0.387 e. The molecule has 4 heteroatoms. The number of rotatable bonds is 1. The normalized spacial score (nSPS) is 31.4. The first kappa shape index (κ1) is 9.24. The molecular formula is C10H14N2O2. The highest BCUT2D eigenvalue weighted by molar-refractivity contribution is 6.03. The van der Waals surface area contributed by atoms with Crippen molar-refractivity contribution in [1.29, 1.82) is 0 Å². The van der Waals surface area contributed by atoms with Crippen molar-refractivity contribution in [2.75, 3.05) is 6.54 Å². The average Bonchev–Trinajstić information content (AvgIpc) is 2.18. The lowest BCUT2D eigenvalue weighted by Gasteiger charge is -2.32. The number of allylic oxidation sites excluding steroid dienone is 2. The van der Waals surface area contributed by atoms with E-state index >= 15 is 0 Å². The Morgan fingerprint density at radius 3 is 3.07 bits per heavy atom. The van der Waals surface area contributed by atoms with E-state index in [1.807, 2.05) is 0 Å². The highest BCUT2D eigenvalue weighted by Gasteiger charge is 2.37. The quantitative estimate of drug-likeness (QED) is 0.574. The highest BCUT2D eigenvalue weighted by atomic mass is 16.2. The summed E-state index contributed by atoms with van der Waals surface area (Å²) in [6.07, 6.45) is 4.95. The summed E-state index contributed by atoms with van der Waals surface area (Å²) in [6.45, 7) is 0.372. The molecule has 2 atom stereocenters. The summed E-state index contributed by atoms with van der Waals surface area (Å²) < 4.78 is 0. The van der Waals surface area contributed by atoms with Crippen LogP contribution in [0.1, 0.15) is 19.3 Å². The van der Waals surface area contributed by atoms with E-state index < -0.39 is 11.8 Å². The van der Waals surface area contributed by atoms with Crippen LogP contribution in [0.15, 0.2) is 11.8 Å². The molecule has 1 heterocycles. The van der Waals surface area contributed by atoms with Gasteiger partial charge in [-0.3, -0.25) is 9.59 Å². The van der Waals surface area contributed by atoms with E-state index in [2.05, 4.69) is 11.4 Å². The molecule has 0 aromatic carbocycles. The topological polar surface area (TPSA) is 72.2 Å². The number of hydrogen-bond acceptors (Lipinski definition) is 3. The van der Waals surface area contributed by atoms with Gasteiger partial charge in [-0.1, -0.05) is 6.08 Å². The second-order valence-corrected chi connectivity index (χ2v) is 3.88. The first-order valence-corrected chi connectivity index (χ1v) is 4.97. The fourth-order valence-electron chi connectivity index (χ4n) is 2.17. The lowest BCUT2D eigenvalue weighted by Crippen LogP contribution is -2.48. The van der Waals surface area contributed by atoms with E-state index in [1.165, 1.54) is 0 Å². The molecule has 0 spiro atoms. The zero-order valence-corrected chi connectivity index (χ0v) is 7.95. The molecule has 0 aromatic heterocycles. The number of piperidine rings is 1. The third-order valence-corrected chi connectivity index (χ3v) is 2.98. The first-order valence-electron chi connectivity index (χ1n) is 4.97. The molecule has 1 amide bonds. The van der Waals surface area contributed by atoms with Crippen LogP contribution >= 0.6 is 0 Å². The molecule has 1 fully saturated rings. The SMILES string of the molecule is NC(=O)C1CNC2=CCCCC2C1=O. The molecule has 0 bridgehead atoms. The molecule has 2 aliphatic rings. The van der Waals surface area contributed by atoms with Gasteiger partial charge in [0.1, 0.15) is 5.92 Å². The fourth-order valence-corrected chi connectivity index (χ4v) is 2.17. The summed E-state index contributed by atoms with van der Waals surface area (Å²) in [5.41, 5.74) is 6.16. The lowest BCUT2D eigenvalue weighted by molar-refractivity contribution is -0.135. The van der Waals surface area contributed by atoms with Gasteiger partial charge in [-0.25, -0.2) is 0 Å². The number of ketones is 1. The molecule has 76 valence electrons. The van der Waals surface area contributed by atoms with Crippen molar-refractivity contribution in [1.82, 2.24) is 5.32 Å². The molecule has 2 rings (SSSR count). The second kappa shape index (κ2) is 3.44. The summed E-state index contributed by atoms with van der Waals surface area (Å²) in [5, 5.41) is 3.12. The van der Waals surface area contributed by atoms with Gasteiger partial charge in [0.25, 0.3) is 0 Å². The van der Waals surface area contributed by atoms with E-state index in [9.17, 15) is 9.59 Å². The summed E-state index contributed by atoms with van der Waals surface area (Å²) >= 11 is 0. The zero-order chi connectivity index (χ0) is 10.1. The van der Waals surface area contributed by atoms with Crippen LogP contribution in [0.5, 0.6) is 0 Å². The van der Waals surface area contributed by atoms with Crippen LogP contribution in [0, 0.1) is 11.8 Å². The Kier molecular flexibility index (Phi) is 2.27. The predicted octanol–water partition coefficient (Wildman–Crippen LogP) is -0.0558. The van der Waals surface area contributed by atoms with Gasteiger partial charge >= 0.3 is 0 Å². The number of nitrogens with two attached hydrogens (primary N) is 1. The van der Waals surface area contributed by atoms with Crippen LogP contribution in [0.2, 0.25) is 0 Å². The Morgan fingerprint density at radius 2 is 2.36 bits per heavy atom. The van der Waals surface area contributed by atoms with E-state index in [0.29, 0.717) is 6.54 Å². The average molecular weight is 194 g/mol. The van der Waals surface area contributed by atoms with Crippen molar-refractivity contribution in [3.8, 4) is 0 Å². The Morgan fingerprint density at radius 1 is 1.57 bits per heavy atom. The Labute approximate surface area is 82.5 Å². The molecule has 0 aromatic rings. The summed E-state index contributed by atoms with van der Waals surface area (Å²) in [5.74, 6) is -1.24. The van der Waals surface area contributed by atoms with Crippen molar-refractivity contribution in [3.63, 3.8) is 0 Å². The number of carbonyl (C=O) groups excluding carboxylic acids is 2. The van der Waals surface area contributed by atoms with Gasteiger partial charge in [-0.05, 0) is 19.3 Å². The molecule has 0 radical (unpaired) electrons. The van der Waals surface area contributed by atoms with Crippen LogP contribution in [0.25, 0.3) is 0 Å². The van der Waals surface area contributed by atoms with Gasteiger partial charge in [-0.15, -0.1) is 0 Å². The maximum absolute atomic E-state index is 11.8. The Hall–Kier alpha value is -1.32. The number of carbonyl (C=O) groups is 2. The van der Waals surface area contributed by atoms with Crippen LogP contribution in [0.4, 0.5) is 0 Å². The van der Waals surface area contributed by atoms with Gasteiger partial charge in [-0.2, -0.15) is 0 Å². The molecule has 2 unspecified atom stereocenters. The van der Waals surface area contributed by atoms with E-state index in [1.54, 1.807) is 0 Å². The molecule has 1 aliphatic carbocycles. The highest BCUT2D eigenvalue weighted by Crippen LogP contribution is 2.29. The van der Waals surface area contributed by atoms with E-state index in [4.69, 9.17) is 5.73 Å². The lowest BCUT2D eigenvalue weighted by atomic mass is 9.80. The van der Waals surface area contributed by atoms with Crippen LogP contribution in [-0.4, -0.2) is 18.2 Å². The number of Topliss-reactive ketones (excluding diaryl/α,β-unsaturated/α-hetero) is 1. The number of primary amides is 1. The third kappa shape index (κ3) is 1.41. The summed E-state index contributed by atoms with van der Waals surface area (Å²) in [7, 11) is 0. The third-order valence-electron chi connectivity index (χ3n) is 2.98. The number of nitrogens with one attached hydrogen (secondary N) is 1. The van der Waals surface area contributed by atoms with Crippen LogP contribution in [-0.2, 0) is 9.59 Å². The molecule has 0 saturated carbocycles. The summed E-state index contributed by atoms with van der Waals surface area (Å²) in [6, 6.07) is 0. The van der Waals surface area contributed by atoms with Gasteiger partial charge < -0.3 is 11.1 Å². The zero-order valence-electron chi connectivity index (χ0n) is 7.95. The van der Waals surface area contributed by atoms with Gasteiger partial charge in [0.15, 0.2) is 5.78 Å². The van der Waals surface area contributed by atoms with E-state index in [0.717, 1.165) is 25.0 Å². The molecule has 14 heavy (non-hydrogen) atoms. The van der Waals surface area contributed by atoms with Gasteiger partial charge in [0, 0.05) is 12.2 Å². The van der Waals surface area contributed by atoms with Crippen molar-refractivity contribution >= 4 is 11.7 Å². The van der Waals surface area contributed by atoms with Gasteiger partial charge in [0.05, 0.1) is 5.92 Å². The maximum Gasteiger partial charge on any atom is 0.229 e. The number of hydrogen-bond donors (Lipinski definition) is 2. The van der Waals surface area contributed by atoms with Crippen molar-refractivity contribution in [2.24, 2.45) is 17.6 Å². The Bertz CT molecular complexity index is 309. The molecular weight excluding hydrogens is 180 g/mol. The van der Waals surface area contributed by atoms with Crippen LogP contribution < -0.4 is 11.1 Å².